The second kappa shape index (κ2) is 7.47. The highest BCUT2D eigenvalue weighted by atomic mass is 35.5. The molecule has 2 aromatic rings. The number of hydrogen-bond acceptors (Lipinski definition) is 5. The molecule has 0 saturated carbocycles. The first kappa shape index (κ1) is 15.1. The topological polar surface area (TPSA) is 57.4 Å². The van der Waals surface area contributed by atoms with Gasteiger partial charge in [0.25, 0.3) is 0 Å². The van der Waals surface area contributed by atoms with Gasteiger partial charge in [-0.25, -0.2) is 4.98 Å². The van der Waals surface area contributed by atoms with Crippen LogP contribution in [0.5, 0.6) is 11.5 Å². The molecule has 0 radical (unpaired) electrons. The Morgan fingerprint density at radius 1 is 1.35 bits per heavy atom. The van der Waals surface area contributed by atoms with Gasteiger partial charge in [-0.2, -0.15) is 0 Å². The van der Waals surface area contributed by atoms with E-state index < -0.39 is 0 Å². The van der Waals surface area contributed by atoms with Gasteiger partial charge in [0.2, 0.25) is 0 Å². The number of nitrogens with zero attached hydrogens (tertiary/aromatic N) is 1. The normalized spacial score (nSPS) is 10.6. The van der Waals surface area contributed by atoms with Crippen LogP contribution >= 0.6 is 22.9 Å². The van der Waals surface area contributed by atoms with Crippen molar-refractivity contribution in [3.8, 4) is 11.5 Å². The molecule has 0 bridgehead atoms. The van der Waals surface area contributed by atoms with Gasteiger partial charge in [-0.1, -0.05) is 17.7 Å². The van der Waals surface area contributed by atoms with E-state index in [0.29, 0.717) is 23.4 Å². The number of rotatable bonds is 7. The number of aryl methyl sites for hydroxylation is 1. The summed E-state index contributed by atoms with van der Waals surface area (Å²) in [4.78, 5) is 4.96. The van der Waals surface area contributed by atoms with Crippen LogP contribution in [0.25, 0.3) is 0 Å². The first-order valence-corrected chi connectivity index (χ1v) is 7.52. The first-order chi connectivity index (χ1) is 9.72. The van der Waals surface area contributed by atoms with Crippen molar-refractivity contribution in [3.63, 3.8) is 0 Å². The van der Waals surface area contributed by atoms with Gasteiger partial charge in [-0.3, -0.25) is 0 Å². The maximum absolute atomic E-state index is 5.79. The van der Waals surface area contributed by atoms with E-state index in [0.717, 1.165) is 23.5 Å². The Balaban J connectivity index is 2.03. The summed E-state index contributed by atoms with van der Waals surface area (Å²) in [5, 5.41) is 0. The number of aromatic nitrogens is 1. The van der Waals surface area contributed by atoms with E-state index in [1.807, 2.05) is 18.2 Å². The summed E-state index contributed by atoms with van der Waals surface area (Å²) >= 11 is 7.20. The lowest BCUT2D eigenvalue weighted by molar-refractivity contribution is 0.287. The maximum Gasteiger partial charge on any atom is 0.183 e. The van der Waals surface area contributed by atoms with Crippen LogP contribution in [0.4, 0.5) is 0 Å². The molecular formula is C14H17ClN2O2S. The lowest BCUT2D eigenvalue weighted by Crippen LogP contribution is -2.01. The van der Waals surface area contributed by atoms with Crippen LogP contribution in [0.3, 0.4) is 0 Å². The van der Waals surface area contributed by atoms with E-state index in [1.54, 1.807) is 13.3 Å². The van der Waals surface area contributed by atoms with Crippen molar-refractivity contribution in [3.05, 3.63) is 39.3 Å². The Morgan fingerprint density at radius 3 is 2.85 bits per heavy atom. The highest BCUT2D eigenvalue weighted by Gasteiger charge is 2.07. The average Bonchev–Trinajstić information content (AvgIpc) is 2.88. The van der Waals surface area contributed by atoms with E-state index in [9.17, 15) is 0 Å². The predicted octanol–water partition coefficient (Wildman–Crippen LogP) is 3.28. The minimum Gasteiger partial charge on any atom is -0.493 e. The van der Waals surface area contributed by atoms with Gasteiger partial charge in [0, 0.05) is 6.20 Å². The van der Waals surface area contributed by atoms with Crippen LogP contribution in [0.15, 0.2) is 24.4 Å². The van der Waals surface area contributed by atoms with Crippen molar-refractivity contribution in [1.29, 1.82) is 0 Å². The van der Waals surface area contributed by atoms with Crippen molar-refractivity contribution in [2.75, 3.05) is 13.7 Å². The fourth-order valence-electron chi connectivity index (χ4n) is 1.79. The van der Waals surface area contributed by atoms with Gasteiger partial charge in [0.05, 0.1) is 12.0 Å². The van der Waals surface area contributed by atoms with Gasteiger partial charge >= 0.3 is 0 Å². The summed E-state index contributed by atoms with van der Waals surface area (Å²) in [6.07, 6.45) is 3.62. The number of benzene rings is 1. The molecule has 0 amide bonds. The van der Waals surface area contributed by atoms with Crippen molar-refractivity contribution >= 4 is 22.9 Å². The number of hydrogen-bond donors (Lipinski definition) is 1. The van der Waals surface area contributed by atoms with Crippen LogP contribution in [-0.4, -0.2) is 18.6 Å². The third kappa shape index (κ3) is 4.10. The van der Waals surface area contributed by atoms with Crippen molar-refractivity contribution in [2.24, 2.45) is 5.73 Å². The lowest BCUT2D eigenvalue weighted by atomic mass is 10.1. The molecule has 20 heavy (non-hydrogen) atoms. The number of thiazole rings is 1. The Hall–Kier alpha value is -1.30. The molecule has 2 N–H and O–H groups in total. The maximum atomic E-state index is 5.79. The molecule has 0 aliphatic heterocycles. The molecule has 0 aliphatic rings. The smallest absolute Gasteiger partial charge is 0.183 e. The second-order valence-corrected chi connectivity index (χ2v) is 5.94. The molecule has 108 valence electrons. The van der Waals surface area contributed by atoms with Crippen molar-refractivity contribution < 1.29 is 9.47 Å². The molecule has 4 nitrogen and oxygen atoms in total. The zero-order valence-corrected chi connectivity index (χ0v) is 12.8. The number of halogens is 1. The Morgan fingerprint density at radius 2 is 2.20 bits per heavy atom. The summed E-state index contributed by atoms with van der Waals surface area (Å²) in [5.74, 6) is 1.45. The van der Waals surface area contributed by atoms with Crippen molar-refractivity contribution in [1.82, 2.24) is 4.98 Å². The van der Waals surface area contributed by atoms with E-state index in [2.05, 4.69) is 4.98 Å². The van der Waals surface area contributed by atoms with Gasteiger partial charge in [-0.15, -0.1) is 11.3 Å². The predicted molar refractivity (Wildman–Crippen MR) is 81.8 cm³/mol. The van der Waals surface area contributed by atoms with Gasteiger partial charge in [0.15, 0.2) is 16.0 Å². The van der Waals surface area contributed by atoms with Gasteiger partial charge in [0.1, 0.15) is 6.61 Å². The second-order valence-electron chi connectivity index (χ2n) is 4.25. The van der Waals surface area contributed by atoms with E-state index >= 15 is 0 Å². The summed E-state index contributed by atoms with van der Waals surface area (Å²) in [5.41, 5.74) is 6.71. The van der Waals surface area contributed by atoms with E-state index in [1.165, 1.54) is 16.9 Å². The molecule has 0 spiro atoms. The Kier molecular flexibility index (Phi) is 5.64. The van der Waals surface area contributed by atoms with E-state index in [-0.39, 0.29) is 0 Å². The molecule has 0 unspecified atom stereocenters. The Labute approximate surface area is 127 Å². The fraction of sp³-hybridized carbons (Fsp3) is 0.357. The number of methoxy groups -OCH3 is 1. The first-order valence-electron chi connectivity index (χ1n) is 6.33. The zero-order chi connectivity index (χ0) is 14.4. The summed E-state index contributed by atoms with van der Waals surface area (Å²) in [7, 11) is 1.64. The molecule has 1 aromatic carbocycles. The minimum absolute atomic E-state index is 0.433. The molecular weight excluding hydrogens is 296 g/mol. The number of nitrogens with two attached hydrogens (primary N) is 1. The van der Waals surface area contributed by atoms with Crippen molar-refractivity contribution in [2.45, 2.75) is 19.4 Å². The summed E-state index contributed by atoms with van der Waals surface area (Å²) in [6, 6.07) is 5.95. The third-order valence-corrected chi connectivity index (χ3v) is 3.88. The Bertz CT molecular complexity index is 560. The van der Waals surface area contributed by atoms with Crippen LogP contribution in [0.2, 0.25) is 4.47 Å². The minimum atomic E-state index is 0.433. The molecule has 2 rings (SSSR count). The quantitative estimate of drug-likeness (QED) is 0.852. The fourth-order valence-corrected chi connectivity index (χ4v) is 2.68. The zero-order valence-electron chi connectivity index (χ0n) is 11.3. The summed E-state index contributed by atoms with van der Waals surface area (Å²) < 4.78 is 11.6. The molecule has 0 atom stereocenters. The summed E-state index contributed by atoms with van der Waals surface area (Å²) in [6.45, 7) is 1.12. The van der Waals surface area contributed by atoms with Crippen LogP contribution in [0, 0.1) is 0 Å². The molecule has 1 heterocycles. The molecule has 0 aliphatic carbocycles. The lowest BCUT2D eigenvalue weighted by Gasteiger charge is -2.11. The number of ether oxygens (including phenoxy) is 2. The van der Waals surface area contributed by atoms with Gasteiger partial charge in [-0.05, 0) is 37.1 Å². The molecule has 6 heteroatoms. The monoisotopic (exact) mass is 312 g/mol. The average molecular weight is 313 g/mol. The van der Waals surface area contributed by atoms with Crippen LogP contribution in [0.1, 0.15) is 16.9 Å². The van der Waals surface area contributed by atoms with E-state index in [4.69, 9.17) is 26.8 Å². The molecule has 1 aromatic heterocycles. The highest BCUT2D eigenvalue weighted by Crippen LogP contribution is 2.30. The standard InChI is InChI=1S/C14H17ClN2O2S/c1-18-13-7-10(3-2-6-16)4-5-12(13)19-9-11-8-17-14(15)20-11/h4-5,7-8H,2-3,6,9,16H2,1H3. The molecule has 0 fully saturated rings. The van der Waals surface area contributed by atoms with Crippen LogP contribution < -0.4 is 15.2 Å². The largest absolute Gasteiger partial charge is 0.493 e. The third-order valence-electron chi connectivity index (χ3n) is 2.79. The highest BCUT2D eigenvalue weighted by molar-refractivity contribution is 7.15. The van der Waals surface area contributed by atoms with Crippen LogP contribution in [-0.2, 0) is 13.0 Å². The van der Waals surface area contributed by atoms with Gasteiger partial charge < -0.3 is 15.2 Å². The SMILES string of the molecule is COc1cc(CCCN)ccc1OCc1cnc(Cl)s1. The molecule has 0 saturated heterocycles.